The number of benzene rings is 1. The number of imide groups is 1. The summed E-state index contributed by atoms with van der Waals surface area (Å²) in [6, 6.07) is 3.06. The van der Waals surface area contributed by atoms with Crippen molar-refractivity contribution >= 4 is 24.0 Å². The minimum atomic E-state index is -3.00. The number of nitrogens with one attached hydrogen (secondary N) is 1. The van der Waals surface area contributed by atoms with Crippen molar-refractivity contribution in [1.82, 2.24) is 5.32 Å². The summed E-state index contributed by atoms with van der Waals surface area (Å²) < 4.78 is 39.5. The van der Waals surface area contributed by atoms with E-state index in [2.05, 4.69) is 4.74 Å². The van der Waals surface area contributed by atoms with Gasteiger partial charge in [-0.25, -0.2) is 9.59 Å². The van der Waals surface area contributed by atoms with Gasteiger partial charge in [0.1, 0.15) is 0 Å². The van der Waals surface area contributed by atoms with Crippen molar-refractivity contribution in [2.45, 2.75) is 33.5 Å². The number of carbonyl (C=O) groups excluding carboxylic acids is 3. The van der Waals surface area contributed by atoms with E-state index in [9.17, 15) is 23.2 Å². The van der Waals surface area contributed by atoms with Gasteiger partial charge in [0.15, 0.2) is 17.6 Å². The van der Waals surface area contributed by atoms with E-state index < -0.39 is 36.5 Å². The minimum absolute atomic E-state index is 0.0826. The Balaban J connectivity index is 2.88. The molecule has 3 amide bonds. The van der Waals surface area contributed by atoms with Crippen molar-refractivity contribution in [2.75, 3.05) is 6.61 Å². The van der Waals surface area contributed by atoms with Crippen LogP contribution in [0.5, 0.6) is 11.5 Å². The van der Waals surface area contributed by atoms with Crippen molar-refractivity contribution in [3.8, 4) is 11.5 Å². The maximum Gasteiger partial charge on any atom is 0.387 e. The van der Waals surface area contributed by atoms with E-state index in [0.717, 1.165) is 6.08 Å². The first-order valence-electron chi connectivity index (χ1n) is 8.34. The highest BCUT2D eigenvalue weighted by molar-refractivity contribution is 5.97. The number of esters is 1. The maximum atomic E-state index is 12.4. The third-order valence-electron chi connectivity index (χ3n) is 3.25. The Labute approximate surface area is 160 Å². The molecule has 0 radical (unpaired) electrons. The SMILES string of the molecule is CCOc1cc(C=CC(=O)OC(C(=O)NC(N)=O)C(C)C)ccc1OC(F)F. The Morgan fingerprint density at radius 3 is 2.43 bits per heavy atom. The van der Waals surface area contributed by atoms with Crippen LogP contribution in [0.2, 0.25) is 0 Å². The average Bonchev–Trinajstić information content (AvgIpc) is 2.58. The molecule has 1 atom stereocenters. The number of halogens is 2. The van der Waals surface area contributed by atoms with Gasteiger partial charge in [0.05, 0.1) is 6.61 Å². The van der Waals surface area contributed by atoms with Crippen LogP contribution in [-0.2, 0) is 14.3 Å². The van der Waals surface area contributed by atoms with Crippen molar-refractivity contribution in [3.05, 3.63) is 29.8 Å². The Hall–Kier alpha value is -3.17. The maximum absolute atomic E-state index is 12.4. The third-order valence-corrected chi connectivity index (χ3v) is 3.25. The summed E-state index contributed by atoms with van der Waals surface area (Å²) in [5.74, 6) is -2.15. The molecule has 28 heavy (non-hydrogen) atoms. The quantitative estimate of drug-likeness (QED) is 0.486. The van der Waals surface area contributed by atoms with E-state index in [4.69, 9.17) is 15.2 Å². The molecular weight excluding hydrogens is 378 g/mol. The first kappa shape index (κ1) is 22.9. The number of amides is 3. The highest BCUT2D eigenvalue weighted by Gasteiger charge is 2.26. The van der Waals surface area contributed by atoms with Gasteiger partial charge in [0.25, 0.3) is 5.91 Å². The van der Waals surface area contributed by atoms with Crippen LogP contribution in [0.3, 0.4) is 0 Å². The number of hydrogen-bond donors (Lipinski definition) is 2. The molecule has 1 unspecified atom stereocenters. The molecule has 0 bridgehead atoms. The lowest BCUT2D eigenvalue weighted by molar-refractivity contribution is -0.153. The van der Waals surface area contributed by atoms with Crippen LogP contribution in [0.1, 0.15) is 26.3 Å². The lowest BCUT2D eigenvalue weighted by Gasteiger charge is -2.18. The zero-order valence-electron chi connectivity index (χ0n) is 15.6. The van der Waals surface area contributed by atoms with Crippen LogP contribution in [0.4, 0.5) is 13.6 Å². The number of alkyl halides is 2. The van der Waals surface area contributed by atoms with Crippen LogP contribution in [0, 0.1) is 5.92 Å². The Morgan fingerprint density at radius 1 is 1.21 bits per heavy atom. The Morgan fingerprint density at radius 2 is 1.89 bits per heavy atom. The van der Waals surface area contributed by atoms with Gasteiger partial charge in [-0.05, 0) is 36.6 Å². The molecule has 8 nitrogen and oxygen atoms in total. The zero-order chi connectivity index (χ0) is 21.3. The predicted molar refractivity (Wildman–Crippen MR) is 95.7 cm³/mol. The first-order chi connectivity index (χ1) is 13.1. The fourth-order valence-electron chi connectivity index (χ4n) is 2.10. The molecule has 0 heterocycles. The number of hydrogen-bond acceptors (Lipinski definition) is 6. The van der Waals surface area contributed by atoms with Gasteiger partial charge >= 0.3 is 18.6 Å². The highest BCUT2D eigenvalue weighted by atomic mass is 19.3. The topological polar surface area (TPSA) is 117 Å². The fraction of sp³-hybridized carbons (Fsp3) is 0.389. The molecule has 0 saturated carbocycles. The number of primary amides is 1. The van der Waals surface area contributed by atoms with Gasteiger partial charge in [-0.15, -0.1) is 0 Å². The van der Waals surface area contributed by atoms with E-state index in [1.165, 1.54) is 24.3 Å². The summed E-state index contributed by atoms with van der Waals surface area (Å²) >= 11 is 0. The Bertz CT molecular complexity index is 737. The largest absolute Gasteiger partial charge is 0.490 e. The average molecular weight is 400 g/mol. The summed E-state index contributed by atoms with van der Waals surface area (Å²) in [6.45, 7) is 2.14. The van der Waals surface area contributed by atoms with Crippen LogP contribution in [-0.4, -0.2) is 37.2 Å². The van der Waals surface area contributed by atoms with Gasteiger partial charge in [0.2, 0.25) is 0 Å². The number of nitrogens with two attached hydrogens (primary N) is 1. The molecule has 0 aliphatic rings. The second-order valence-corrected chi connectivity index (χ2v) is 5.81. The lowest BCUT2D eigenvalue weighted by Crippen LogP contribution is -2.45. The molecule has 0 aliphatic carbocycles. The normalized spacial score (nSPS) is 12.1. The molecule has 0 spiro atoms. The predicted octanol–water partition coefficient (Wildman–Crippen LogP) is 2.46. The minimum Gasteiger partial charge on any atom is -0.490 e. The van der Waals surface area contributed by atoms with Crippen LogP contribution >= 0.6 is 0 Å². The van der Waals surface area contributed by atoms with Gasteiger partial charge < -0.3 is 19.9 Å². The molecule has 10 heteroatoms. The summed E-state index contributed by atoms with van der Waals surface area (Å²) in [7, 11) is 0. The molecule has 1 aromatic carbocycles. The molecular formula is C18H22F2N2O6. The smallest absolute Gasteiger partial charge is 0.387 e. The fourth-order valence-corrected chi connectivity index (χ4v) is 2.10. The first-order valence-corrected chi connectivity index (χ1v) is 8.34. The number of urea groups is 1. The van der Waals surface area contributed by atoms with E-state index in [0.29, 0.717) is 5.56 Å². The lowest BCUT2D eigenvalue weighted by atomic mass is 10.1. The summed E-state index contributed by atoms with van der Waals surface area (Å²) in [6.07, 6.45) is 1.18. The molecule has 1 aromatic rings. The zero-order valence-corrected chi connectivity index (χ0v) is 15.6. The van der Waals surface area contributed by atoms with E-state index in [-0.39, 0.29) is 18.1 Å². The summed E-state index contributed by atoms with van der Waals surface area (Å²) in [4.78, 5) is 34.6. The van der Waals surface area contributed by atoms with Crippen LogP contribution in [0.25, 0.3) is 6.08 Å². The third kappa shape index (κ3) is 7.60. The van der Waals surface area contributed by atoms with Crippen LogP contribution < -0.4 is 20.5 Å². The standard InChI is InChI=1S/C18H22F2N2O6/c1-4-26-13-9-11(5-7-12(13)27-17(19)20)6-8-14(23)28-15(10(2)3)16(24)22-18(21)25/h5-10,15,17H,4H2,1-3H3,(H3,21,22,24,25). The second kappa shape index (κ2) is 10.9. The van der Waals surface area contributed by atoms with Crippen molar-refractivity contribution in [2.24, 2.45) is 11.7 Å². The molecule has 0 saturated heterocycles. The number of ether oxygens (including phenoxy) is 3. The molecule has 1 rings (SSSR count). The molecule has 154 valence electrons. The van der Waals surface area contributed by atoms with Gasteiger partial charge in [-0.3, -0.25) is 10.1 Å². The monoisotopic (exact) mass is 400 g/mol. The van der Waals surface area contributed by atoms with Crippen molar-refractivity contribution in [3.63, 3.8) is 0 Å². The summed E-state index contributed by atoms with van der Waals surface area (Å²) in [5, 5.41) is 1.85. The number of rotatable bonds is 9. The molecule has 0 fully saturated rings. The van der Waals surface area contributed by atoms with Gasteiger partial charge in [0, 0.05) is 6.08 Å². The van der Waals surface area contributed by atoms with Crippen molar-refractivity contribution in [1.29, 1.82) is 0 Å². The van der Waals surface area contributed by atoms with E-state index in [1.807, 2.05) is 5.32 Å². The molecule has 0 aromatic heterocycles. The summed E-state index contributed by atoms with van der Waals surface area (Å²) in [5.41, 5.74) is 5.33. The molecule has 0 aliphatic heterocycles. The second-order valence-electron chi connectivity index (χ2n) is 5.81. The van der Waals surface area contributed by atoms with Crippen LogP contribution in [0.15, 0.2) is 24.3 Å². The Kier molecular flexibility index (Phi) is 8.86. The van der Waals surface area contributed by atoms with Crippen molar-refractivity contribution < 1.29 is 37.4 Å². The highest BCUT2D eigenvalue weighted by Crippen LogP contribution is 2.30. The number of carbonyl (C=O) groups is 3. The van der Waals surface area contributed by atoms with E-state index in [1.54, 1.807) is 20.8 Å². The van der Waals surface area contributed by atoms with E-state index >= 15 is 0 Å². The van der Waals surface area contributed by atoms with Gasteiger partial charge in [-0.1, -0.05) is 19.9 Å². The van der Waals surface area contributed by atoms with Gasteiger partial charge in [-0.2, -0.15) is 8.78 Å². The molecule has 3 N–H and O–H groups in total.